The average Bonchev–Trinajstić information content (AvgIpc) is 2.62. The number of nitrogens with one attached hydrogen (secondary N) is 2. The minimum absolute atomic E-state index is 0.153. The van der Waals surface area contributed by atoms with Gasteiger partial charge in [0.2, 0.25) is 5.91 Å². The first-order valence-electron chi connectivity index (χ1n) is 9.93. The largest absolute Gasteiger partial charge is 0.355 e. The summed E-state index contributed by atoms with van der Waals surface area (Å²) in [6, 6.07) is 0. The van der Waals surface area contributed by atoms with Crippen molar-refractivity contribution in [1.82, 2.24) is 10.6 Å². The highest BCUT2D eigenvalue weighted by molar-refractivity contribution is 5.75. The molecule has 4 nitrogen and oxygen atoms in total. The van der Waals surface area contributed by atoms with Crippen molar-refractivity contribution < 1.29 is 4.79 Å². The standard InChI is InChI=1S/C21H39N3O/c1-2-3-4-5-6-7-8-9-10-11-12-13-14-15-16-17-21(25)24-19-18-23-20-22/h3-4,6-7,9-10,23H,2,5,8,11-20,22H2,1H3,(H,24,25)/b4-3-,7-6-,10-9-. The fraction of sp³-hybridized carbons (Fsp3) is 0.667. The van der Waals surface area contributed by atoms with Crippen molar-refractivity contribution in [3.05, 3.63) is 36.5 Å². The molecule has 0 atom stereocenters. The van der Waals surface area contributed by atoms with Crippen LogP contribution in [0.3, 0.4) is 0 Å². The fourth-order valence-electron chi connectivity index (χ4n) is 2.39. The quantitative estimate of drug-likeness (QED) is 0.209. The maximum atomic E-state index is 11.6. The molecule has 0 saturated heterocycles. The van der Waals surface area contributed by atoms with Crippen molar-refractivity contribution in [2.75, 3.05) is 19.8 Å². The van der Waals surface area contributed by atoms with Crippen LogP contribution < -0.4 is 16.4 Å². The van der Waals surface area contributed by atoms with E-state index < -0.39 is 0 Å². The van der Waals surface area contributed by atoms with Gasteiger partial charge in [-0.25, -0.2) is 0 Å². The molecule has 0 heterocycles. The molecule has 0 radical (unpaired) electrons. The van der Waals surface area contributed by atoms with Gasteiger partial charge in [0.25, 0.3) is 0 Å². The molecule has 0 aromatic carbocycles. The lowest BCUT2D eigenvalue weighted by Gasteiger charge is -2.05. The summed E-state index contributed by atoms with van der Waals surface area (Å²) < 4.78 is 0. The van der Waals surface area contributed by atoms with Crippen molar-refractivity contribution in [2.45, 2.75) is 71.1 Å². The van der Waals surface area contributed by atoms with Crippen molar-refractivity contribution in [3.63, 3.8) is 0 Å². The van der Waals surface area contributed by atoms with Crippen LogP contribution in [0.25, 0.3) is 0 Å². The number of carbonyl (C=O) groups is 1. The predicted molar refractivity (Wildman–Crippen MR) is 109 cm³/mol. The summed E-state index contributed by atoms with van der Waals surface area (Å²) >= 11 is 0. The van der Waals surface area contributed by atoms with Gasteiger partial charge in [0.05, 0.1) is 0 Å². The maximum Gasteiger partial charge on any atom is 0.220 e. The average molecular weight is 350 g/mol. The molecule has 1 amide bonds. The van der Waals surface area contributed by atoms with Gasteiger partial charge >= 0.3 is 0 Å². The summed E-state index contributed by atoms with van der Waals surface area (Å²) in [5.74, 6) is 0.153. The van der Waals surface area contributed by atoms with Crippen LogP contribution in [-0.4, -0.2) is 25.7 Å². The highest BCUT2D eigenvalue weighted by Gasteiger charge is 1.99. The molecule has 0 saturated carbocycles. The molecule has 0 fully saturated rings. The summed E-state index contributed by atoms with van der Waals surface area (Å²) in [6.45, 7) is 4.01. The molecule has 4 heteroatoms. The minimum Gasteiger partial charge on any atom is -0.355 e. The van der Waals surface area contributed by atoms with E-state index >= 15 is 0 Å². The summed E-state index contributed by atoms with van der Waals surface area (Å²) in [5, 5.41) is 5.87. The number of allylic oxidation sites excluding steroid dienone is 6. The van der Waals surface area contributed by atoms with E-state index in [1.54, 1.807) is 0 Å². The summed E-state index contributed by atoms with van der Waals surface area (Å²) in [4.78, 5) is 11.6. The summed E-state index contributed by atoms with van der Waals surface area (Å²) in [5.41, 5.74) is 5.31. The first-order valence-corrected chi connectivity index (χ1v) is 9.93. The van der Waals surface area contributed by atoms with Crippen LogP contribution in [0.2, 0.25) is 0 Å². The maximum absolute atomic E-state index is 11.6. The van der Waals surface area contributed by atoms with Crippen LogP contribution in [0.15, 0.2) is 36.5 Å². The molecular formula is C21H39N3O. The molecule has 25 heavy (non-hydrogen) atoms. The van der Waals surface area contributed by atoms with E-state index in [0.717, 1.165) is 45.1 Å². The molecule has 0 unspecified atom stereocenters. The van der Waals surface area contributed by atoms with Crippen molar-refractivity contribution in [3.8, 4) is 0 Å². The van der Waals surface area contributed by atoms with Gasteiger partial charge in [0.15, 0.2) is 0 Å². The zero-order chi connectivity index (χ0) is 18.4. The first-order chi connectivity index (χ1) is 12.3. The van der Waals surface area contributed by atoms with E-state index in [1.165, 1.54) is 19.3 Å². The van der Waals surface area contributed by atoms with E-state index in [1.807, 2.05) is 0 Å². The molecule has 0 rings (SSSR count). The van der Waals surface area contributed by atoms with E-state index in [0.29, 0.717) is 19.6 Å². The second-order valence-corrected chi connectivity index (χ2v) is 6.15. The second kappa shape index (κ2) is 20.7. The topological polar surface area (TPSA) is 67.2 Å². The van der Waals surface area contributed by atoms with Gasteiger partial charge in [-0.1, -0.05) is 62.6 Å². The van der Waals surface area contributed by atoms with Gasteiger partial charge in [-0.15, -0.1) is 0 Å². The Balaban J connectivity index is 3.28. The van der Waals surface area contributed by atoms with Crippen LogP contribution in [-0.2, 0) is 4.79 Å². The summed E-state index contributed by atoms with van der Waals surface area (Å²) in [6.07, 6.45) is 24.3. The molecule has 0 aliphatic carbocycles. The number of rotatable bonds is 17. The number of unbranched alkanes of at least 4 members (excludes halogenated alkanes) is 5. The smallest absolute Gasteiger partial charge is 0.220 e. The first kappa shape index (κ1) is 23.6. The minimum atomic E-state index is 0.153. The van der Waals surface area contributed by atoms with E-state index in [2.05, 4.69) is 54.0 Å². The predicted octanol–water partition coefficient (Wildman–Crippen LogP) is 4.20. The monoisotopic (exact) mass is 349 g/mol. The summed E-state index contributed by atoms with van der Waals surface area (Å²) in [7, 11) is 0. The Morgan fingerprint density at radius 1 is 0.840 bits per heavy atom. The Kier molecular flexibility index (Phi) is 19.5. The lowest BCUT2D eigenvalue weighted by atomic mass is 10.1. The molecule has 0 spiro atoms. The lowest BCUT2D eigenvalue weighted by molar-refractivity contribution is -0.121. The van der Waals surface area contributed by atoms with E-state index in [-0.39, 0.29) is 5.91 Å². The van der Waals surface area contributed by atoms with E-state index in [4.69, 9.17) is 5.73 Å². The van der Waals surface area contributed by atoms with Crippen LogP contribution in [0.1, 0.15) is 71.1 Å². The third kappa shape index (κ3) is 20.6. The molecule has 0 aliphatic rings. The molecule has 144 valence electrons. The van der Waals surface area contributed by atoms with Crippen LogP contribution in [0.4, 0.5) is 0 Å². The van der Waals surface area contributed by atoms with Crippen LogP contribution >= 0.6 is 0 Å². The molecule has 0 aromatic rings. The molecule has 0 aromatic heterocycles. The number of amides is 1. The third-order valence-electron chi connectivity index (χ3n) is 3.82. The number of hydrogen-bond donors (Lipinski definition) is 3. The highest BCUT2D eigenvalue weighted by Crippen LogP contribution is 2.07. The lowest BCUT2D eigenvalue weighted by Crippen LogP contribution is -2.33. The molecule has 0 bridgehead atoms. The third-order valence-corrected chi connectivity index (χ3v) is 3.82. The van der Waals surface area contributed by atoms with E-state index in [9.17, 15) is 4.79 Å². The highest BCUT2D eigenvalue weighted by atomic mass is 16.1. The van der Waals surface area contributed by atoms with Gasteiger partial charge in [-0.05, 0) is 38.5 Å². The Morgan fingerprint density at radius 2 is 1.48 bits per heavy atom. The Labute approximate surface area is 155 Å². The van der Waals surface area contributed by atoms with Gasteiger partial charge < -0.3 is 16.4 Å². The number of carbonyl (C=O) groups excluding carboxylic acids is 1. The van der Waals surface area contributed by atoms with Gasteiger partial charge in [0.1, 0.15) is 0 Å². The Bertz CT molecular complexity index is 375. The van der Waals surface area contributed by atoms with Crippen LogP contribution in [0, 0.1) is 0 Å². The number of nitrogens with two attached hydrogens (primary N) is 1. The number of hydrogen-bond acceptors (Lipinski definition) is 3. The Morgan fingerprint density at radius 3 is 2.20 bits per heavy atom. The fourth-order valence-corrected chi connectivity index (χ4v) is 2.39. The Hall–Kier alpha value is -1.39. The van der Waals surface area contributed by atoms with Crippen molar-refractivity contribution >= 4 is 5.91 Å². The normalized spacial score (nSPS) is 11.9. The molecule has 0 aliphatic heterocycles. The molecular weight excluding hydrogens is 310 g/mol. The van der Waals surface area contributed by atoms with Gasteiger partial charge in [-0.3, -0.25) is 4.79 Å². The van der Waals surface area contributed by atoms with Crippen LogP contribution in [0.5, 0.6) is 0 Å². The zero-order valence-electron chi connectivity index (χ0n) is 16.1. The van der Waals surface area contributed by atoms with Gasteiger partial charge in [-0.2, -0.15) is 0 Å². The van der Waals surface area contributed by atoms with Gasteiger partial charge in [0, 0.05) is 26.2 Å². The zero-order valence-corrected chi connectivity index (χ0v) is 16.1. The molecule has 4 N–H and O–H groups in total. The SMILES string of the molecule is CC/C=C\C/C=C\C/C=C\CCCCCCCC(=O)NCCNCN. The second-order valence-electron chi connectivity index (χ2n) is 6.15. The van der Waals surface area contributed by atoms with Crippen molar-refractivity contribution in [2.24, 2.45) is 5.73 Å². The van der Waals surface area contributed by atoms with Crippen molar-refractivity contribution in [1.29, 1.82) is 0 Å².